The van der Waals surface area contributed by atoms with E-state index in [-0.39, 0.29) is 35.9 Å². The van der Waals surface area contributed by atoms with Crippen molar-refractivity contribution in [3.63, 3.8) is 0 Å². The number of benzene rings is 1. The molecule has 1 aliphatic heterocycles. The minimum Gasteiger partial charge on any atom is -0.376 e. The summed E-state index contributed by atoms with van der Waals surface area (Å²) < 4.78 is 21.5. The number of halogens is 2. The van der Waals surface area contributed by atoms with Crippen LogP contribution in [0.25, 0.3) is 5.69 Å². The molecule has 1 fully saturated rings. The predicted molar refractivity (Wildman–Crippen MR) is 106 cm³/mol. The van der Waals surface area contributed by atoms with E-state index in [4.69, 9.17) is 4.74 Å². The molecular formula is C17H23FIN5O. The van der Waals surface area contributed by atoms with Gasteiger partial charge in [0.1, 0.15) is 5.82 Å². The molecule has 0 amide bonds. The Morgan fingerprint density at radius 2 is 2.32 bits per heavy atom. The first kappa shape index (κ1) is 19.6. The number of aromatic nitrogens is 2. The summed E-state index contributed by atoms with van der Waals surface area (Å²) in [6, 6.07) is 5.16. The van der Waals surface area contributed by atoms with Crippen molar-refractivity contribution in [3.05, 3.63) is 48.3 Å². The molecule has 1 atom stereocenters. The van der Waals surface area contributed by atoms with E-state index in [2.05, 4.69) is 20.6 Å². The fourth-order valence-electron chi connectivity index (χ4n) is 2.69. The molecule has 3 rings (SSSR count). The Kier molecular flexibility index (Phi) is 7.63. The fourth-order valence-corrected chi connectivity index (χ4v) is 2.69. The highest BCUT2D eigenvalue weighted by Gasteiger charge is 2.15. The molecule has 1 aliphatic rings. The van der Waals surface area contributed by atoms with E-state index >= 15 is 0 Å². The van der Waals surface area contributed by atoms with Crippen molar-refractivity contribution in [1.82, 2.24) is 20.2 Å². The second-order valence-electron chi connectivity index (χ2n) is 5.70. The molecule has 0 spiro atoms. The van der Waals surface area contributed by atoms with Crippen LogP contribution < -0.4 is 10.6 Å². The normalized spacial score (nSPS) is 17.2. The van der Waals surface area contributed by atoms with E-state index in [0.717, 1.165) is 31.6 Å². The molecule has 136 valence electrons. The summed E-state index contributed by atoms with van der Waals surface area (Å²) in [4.78, 5) is 8.11. The second kappa shape index (κ2) is 9.71. The Labute approximate surface area is 163 Å². The number of rotatable bonds is 5. The van der Waals surface area contributed by atoms with E-state index < -0.39 is 0 Å². The van der Waals surface area contributed by atoms with Gasteiger partial charge in [0.25, 0.3) is 0 Å². The Bertz CT molecular complexity index is 686. The number of imidazole rings is 1. The van der Waals surface area contributed by atoms with Gasteiger partial charge in [0, 0.05) is 39.1 Å². The highest BCUT2D eigenvalue weighted by Crippen LogP contribution is 2.15. The van der Waals surface area contributed by atoms with Crippen molar-refractivity contribution in [3.8, 4) is 5.69 Å². The summed E-state index contributed by atoms with van der Waals surface area (Å²) in [5, 5.41) is 6.43. The number of aliphatic imine (C=N–C) groups is 1. The van der Waals surface area contributed by atoms with Crippen LogP contribution in [0.4, 0.5) is 4.39 Å². The van der Waals surface area contributed by atoms with Gasteiger partial charge in [-0.2, -0.15) is 0 Å². The van der Waals surface area contributed by atoms with Gasteiger partial charge in [-0.1, -0.05) is 6.07 Å². The van der Waals surface area contributed by atoms with Gasteiger partial charge in [0.15, 0.2) is 5.96 Å². The van der Waals surface area contributed by atoms with E-state index in [1.165, 1.54) is 6.07 Å². The highest BCUT2D eigenvalue weighted by molar-refractivity contribution is 14.0. The summed E-state index contributed by atoms with van der Waals surface area (Å²) in [5.41, 5.74) is 1.33. The molecule has 1 aromatic carbocycles. The van der Waals surface area contributed by atoms with Crippen molar-refractivity contribution >= 4 is 29.9 Å². The van der Waals surface area contributed by atoms with Gasteiger partial charge in [-0.15, -0.1) is 24.0 Å². The third-order valence-corrected chi connectivity index (χ3v) is 4.00. The molecule has 1 unspecified atom stereocenters. The third-order valence-electron chi connectivity index (χ3n) is 4.00. The smallest absolute Gasteiger partial charge is 0.191 e. The van der Waals surface area contributed by atoms with Crippen molar-refractivity contribution in [1.29, 1.82) is 0 Å². The summed E-state index contributed by atoms with van der Waals surface area (Å²) in [5.74, 6) is 0.402. The van der Waals surface area contributed by atoms with Crippen LogP contribution in [0.5, 0.6) is 0 Å². The lowest BCUT2D eigenvalue weighted by Gasteiger charge is -2.15. The molecule has 8 heteroatoms. The Hall–Kier alpha value is -1.68. The van der Waals surface area contributed by atoms with Gasteiger partial charge in [-0.3, -0.25) is 4.99 Å². The molecular weight excluding hydrogens is 436 g/mol. The minimum absolute atomic E-state index is 0. The lowest BCUT2D eigenvalue weighted by Crippen LogP contribution is -2.40. The predicted octanol–water partition coefficient (Wildman–Crippen LogP) is 2.47. The number of guanidine groups is 1. The van der Waals surface area contributed by atoms with Crippen molar-refractivity contribution < 1.29 is 9.13 Å². The van der Waals surface area contributed by atoms with Crippen molar-refractivity contribution in [2.24, 2.45) is 4.99 Å². The average Bonchev–Trinajstić information content (AvgIpc) is 3.29. The topological polar surface area (TPSA) is 63.5 Å². The molecule has 1 aromatic heterocycles. The van der Waals surface area contributed by atoms with Crippen LogP contribution in [0.2, 0.25) is 0 Å². The number of hydrogen-bond donors (Lipinski definition) is 2. The van der Waals surface area contributed by atoms with Crippen molar-refractivity contribution in [2.45, 2.75) is 25.5 Å². The SMILES string of the molecule is CN=C(NCc1ccc(-n2ccnc2)c(F)c1)NCC1CCCO1.I. The van der Waals surface area contributed by atoms with Gasteiger partial charge < -0.3 is 19.9 Å². The van der Waals surface area contributed by atoms with E-state index in [1.54, 1.807) is 36.4 Å². The Balaban J connectivity index is 0.00000225. The average molecular weight is 459 g/mol. The molecule has 0 bridgehead atoms. The highest BCUT2D eigenvalue weighted by atomic mass is 127. The zero-order chi connectivity index (χ0) is 16.8. The first-order chi connectivity index (χ1) is 11.8. The third kappa shape index (κ3) is 5.40. The van der Waals surface area contributed by atoms with E-state index in [0.29, 0.717) is 18.2 Å². The van der Waals surface area contributed by atoms with Gasteiger partial charge >= 0.3 is 0 Å². The molecule has 0 aliphatic carbocycles. The van der Waals surface area contributed by atoms with E-state index in [9.17, 15) is 4.39 Å². The molecule has 2 heterocycles. The van der Waals surface area contributed by atoms with Gasteiger partial charge in [-0.05, 0) is 30.5 Å². The monoisotopic (exact) mass is 459 g/mol. The first-order valence-corrected chi connectivity index (χ1v) is 8.09. The zero-order valence-corrected chi connectivity index (χ0v) is 16.4. The molecule has 2 N–H and O–H groups in total. The van der Waals surface area contributed by atoms with Crippen molar-refractivity contribution in [2.75, 3.05) is 20.2 Å². The molecule has 6 nitrogen and oxygen atoms in total. The number of nitrogens with one attached hydrogen (secondary N) is 2. The van der Waals surface area contributed by atoms with Crippen LogP contribution >= 0.6 is 24.0 Å². The summed E-state index contributed by atoms with van der Waals surface area (Å²) in [7, 11) is 1.72. The van der Waals surface area contributed by atoms with Crippen LogP contribution in [-0.4, -0.2) is 41.8 Å². The maximum Gasteiger partial charge on any atom is 0.191 e. The molecule has 25 heavy (non-hydrogen) atoms. The Morgan fingerprint density at radius 3 is 2.96 bits per heavy atom. The van der Waals surface area contributed by atoms with Crippen LogP contribution in [0.15, 0.2) is 41.9 Å². The standard InChI is InChI=1S/C17H22FN5O.HI/c1-19-17(22-11-14-3-2-8-24-14)21-10-13-4-5-16(15(18)9-13)23-7-6-20-12-23;/h4-7,9,12,14H,2-3,8,10-11H2,1H3,(H2,19,21,22);1H. The lowest BCUT2D eigenvalue weighted by molar-refractivity contribution is 0.114. The first-order valence-electron chi connectivity index (χ1n) is 8.09. The van der Waals surface area contributed by atoms with Crippen LogP contribution in [0, 0.1) is 5.82 Å². The number of hydrogen-bond acceptors (Lipinski definition) is 3. The summed E-state index contributed by atoms with van der Waals surface area (Å²) in [6.07, 6.45) is 7.35. The molecule has 2 aromatic rings. The van der Waals surface area contributed by atoms with E-state index in [1.807, 2.05) is 6.07 Å². The largest absolute Gasteiger partial charge is 0.376 e. The fraction of sp³-hybridized carbons (Fsp3) is 0.412. The van der Waals surface area contributed by atoms with Crippen LogP contribution in [-0.2, 0) is 11.3 Å². The summed E-state index contributed by atoms with van der Waals surface area (Å²) >= 11 is 0. The molecule has 1 saturated heterocycles. The van der Waals surface area contributed by atoms with Crippen LogP contribution in [0.3, 0.4) is 0 Å². The maximum absolute atomic E-state index is 14.2. The lowest BCUT2D eigenvalue weighted by atomic mass is 10.2. The quantitative estimate of drug-likeness (QED) is 0.410. The number of nitrogens with zero attached hydrogens (tertiary/aromatic N) is 3. The van der Waals surface area contributed by atoms with Gasteiger partial charge in [-0.25, -0.2) is 9.37 Å². The maximum atomic E-state index is 14.2. The summed E-state index contributed by atoms with van der Waals surface area (Å²) in [6.45, 7) is 2.06. The second-order valence-corrected chi connectivity index (χ2v) is 5.70. The number of ether oxygens (including phenoxy) is 1. The minimum atomic E-state index is -0.283. The van der Waals surface area contributed by atoms with Crippen LogP contribution in [0.1, 0.15) is 18.4 Å². The zero-order valence-electron chi connectivity index (χ0n) is 14.1. The van der Waals surface area contributed by atoms with Gasteiger partial charge in [0.05, 0.1) is 18.1 Å². The molecule has 0 radical (unpaired) electrons. The molecule has 0 saturated carbocycles. The van der Waals surface area contributed by atoms with Gasteiger partial charge in [0.2, 0.25) is 0 Å². The Morgan fingerprint density at radius 1 is 1.44 bits per heavy atom.